The summed E-state index contributed by atoms with van der Waals surface area (Å²) in [5, 5.41) is 13.7. The second kappa shape index (κ2) is 8.94. The molecule has 28 heavy (non-hydrogen) atoms. The molecule has 0 saturated heterocycles. The molecule has 0 aliphatic carbocycles. The minimum atomic E-state index is -1.15. The highest BCUT2D eigenvalue weighted by molar-refractivity contribution is 5.95. The molecule has 0 radical (unpaired) electrons. The van der Waals surface area contributed by atoms with Crippen LogP contribution in [0.2, 0.25) is 0 Å². The largest absolute Gasteiger partial charge is 0.474 e. The molecule has 0 saturated carbocycles. The van der Waals surface area contributed by atoms with Crippen LogP contribution in [0.3, 0.4) is 0 Å². The van der Waals surface area contributed by atoms with Crippen molar-refractivity contribution in [1.29, 1.82) is 0 Å². The van der Waals surface area contributed by atoms with Gasteiger partial charge in [0, 0.05) is 24.9 Å². The van der Waals surface area contributed by atoms with Crippen molar-refractivity contribution in [2.45, 2.75) is 20.0 Å². The van der Waals surface area contributed by atoms with E-state index in [1.165, 1.54) is 14.0 Å². The van der Waals surface area contributed by atoms with Gasteiger partial charge in [-0.15, -0.1) is 0 Å². The van der Waals surface area contributed by atoms with Crippen molar-refractivity contribution in [3.05, 3.63) is 64.0 Å². The lowest BCUT2D eigenvalue weighted by Gasteiger charge is -2.21. The van der Waals surface area contributed by atoms with Crippen molar-refractivity contribution in [2.75, 3.05) is 18.9 Å². The Balaban J connectivity index is 1.98. The number of ether oxygens (including phenoxy) is 1. The number of hydrogen-bond acceptors (Lipinski definition) is 5. The lowest BCUT2D eigenvalue weighted by Crippen LogP contribution is -2.42. The number of halogens is 1. The number of anilines is 1. The van der Waals surface area contributed by atoms with Crippen LogP contribution in [0.25, 0.3) is 0 Å². The van der Waals surface area contributed by atoms with Crippen molar-refractivity contribution in [3.63, 3.8) is 0 Å². The van der Waals surface area contributed by atoms with Gasteiger partial charge < -0.3 is 15.0 Å². The first-order valence-corrected chi connectivity index (χ1v) is 8.39. The van der Waals surface area contributed by atoms with Crippen molar-refractivity contribution in [1.82, 2.24) is 4.90 Å². The number of amides is 2. The quantitative estimate of drug-likeness (QED) is 0.579. The van der Waals surface area contributed by atoms with Gasteiger partial charge in [0.15, 0.2) is 6.10 Å². The Labute approximate surface area is 161 Å². The number of aryl methyl sites for hydroxylation is 1. The molecule has 2 aromatic rings. The van der Waals surface area contributed by atoms with Gasteiger partial charge in [0.25, 0.3) is 5.91 Å². The van der Waals surface area contributed by atoms with Crippen molar-refractivity contribution in [3.8, 4) is 5.75 Å². The van der Waals surface area contributed by atoms with E-state index < -0.39 is 34.3 Å². The summed E-state index contributed by atoms with van der Waals surface area (Å²) in [5.74, 6) is -2.09. The zero-order valence-corrected chi connectivity index (χ0v) is 15.6. The molecule has 2 amide bonds. The van der Waals surface area contributed by atoms with Crippen LogP contribution in [0.15, 0.2) is 42.5 Å². The predicted octanol–water partition coefficient (Wildman–Crippen LogP) is 2.91. The monoisotopic (exact) mass is 389 g/mol. The van der Waals surface area contributed by atoms with E-state index in [-0.39, 0.29) is 12.3 Å². The van der Waals surface area contributed by atoms with Crippen LogP contribution in [0.4, 0.5) is 15.8 Å². The van der Waals surface area contributed by atoms with E-state index in [2.05, 4.69) is 5.32 Å². The van der Waals surface area contributed by atoms with Crippen molar-refractivity contribution in [2.24, 2.45) is 0 Å². The number of carbonyl (C=O) groups is 2. The molecule has 0 bridgehead atoms. The number of nitrogens with one attached hydrogen (secondary N) is 1. The van der Waals surface area contributed by atoms with E-state index in [4.69, 9.17) is 4.74 Å². The standard InChI is InChI=1S/C19H20FN3O5/c1-12-4-7-15(8-5-12)21-18(24)11-22(3)19(25)13(2)28-17-10-14(20)6-9-16(17)23(26)27/h4-10,13H,11H2,1-3H3,(H,21,24)/t13-/m0/s1. The molecule has 0 spiro atoms. The number of nitrogens with zero attached hydrogens (tertiary/aromatic N) is 2. The molecule has 2 aromatic carbocycles. The number of rotatable bonds is 7. The zero-order chi connectivity index (χ0) is 20.8. The SMILES string of the molecule is Cc1ccc(NC(=O)CN(C)C(=O)[C@H](C)Oc2cc(F)ccc2[N+](=O)[O-])cc1. The van der Waals surface area contributed by atoms with Gasteiger partial charge in [0.2, 0.25) is 11.7 Å². The van der Waals surface area contributed by atoms with Gasteiger partial charge >= 0.3 is 5.69 Å². The number of benzene rings is 2. The second-order valence-electron chi connectivity index (χ2n) is 6.24. The van der Waals surface area contributed by atoms with Gasteiger partial charge in [-0.2, -0.15) is 0 Å². The third kappa shape index (κ3) is 5.50. The molecule has 0 aliphatic heterocycles. The number of hydrogen-bond donors (Lipinski definition) is 1. The summed E-state index contributed by atoms with van der Waals surface area (Å²) in [6.45, 7) is 3.04. The summed E-state index contributed by atoms with van der Waals surface area (Å²) >= 11 is 0. The highest BCUT2D eigenvalue weighted by atomic mass is 19.1. The maximum Gasteiger partial charge on any atom is 0.311 e. The lowest BCUT2D eigenvalue weighted by atomic mass is 10.2. The summed E-state index contributed by atoms with van der Waals surface area (Å²) in [6.07, 6.45) is -1.15. The Morgan fingerprint density at radius 3 is 2.50 bits per heavy atom. The minimum Gasteiger partial charge on any atom is -0.474 e. The Bertz CT molecular complexity index is 886. The molecular weight excluding hydrogens is 369 g/mol. The average Bonchev–Trinajstić information content (AvgIpc) is 2.62. The third-order valence-electron chi connectivity index (χ3n) is 3.86. The highest BCUT2D eigenvalue weighted by Gasteiger charge is 2.25. The van der Waals surface area contributed by atoms with Gasteiger partial charge in [-0.3, -0.25) is 19.7 Å². The van der Waals surface area contributed by atoms with E-state index in [9.17, 15) is 24.1 Å². The van der Waals surface area contributed by atoms with E-state index in [1.54, 1.807) is 12.1 Å². The van der Waals surface area contributed by atoms with Crippen LogP contribution in [0, 0.1) is 22.9 Å². The maximum absolute atomic E-state index is 13.4. The van der Waals surface area contributed by atoms with E-state index in [1.807, 2.05) is 19.1 Å². The van der Waals surface area contributed by atoms with E-state index in [0.29, 0.717) is 5.69 Å². The minimum absolute atomic E-state index is 0.244. The molecule has 0 aliphatic rings. The summed E-state index contributed by atoms with van der Waals surface area (Å²) in [4.78, 5) is 35.9. The molecule has 0 aromatic heterocycles. The fraction of sp³-hybridized carbons (Fsp3) is 0.263. The summed E-state index contributed by atoms with van der Waals surface area (Å²) in [5.41, 5.74) is 1.18. The fourth-order valence-electron chi connectivity index (χ4n) is 2.42. The Hall–Kier alpha value is -3.49. The molecule has 9 heteroatoms. The molecule has 0 unspecified atom stereocenters. The Morgan fingerprint density at radius 2 is 1.89 bits per heavy atom. The van der Waals surface area contributed by atoms with Crippen LogP contribution >= 0.6 is 0 Å². The van der Waals surface area contributed by atoms with Gasteiger partial charge in [-0.25, -0.2) is 4.39 Å². The fourth-order valence-corrected chi connectivity index (χ4v) is 2.42. The number of nitro groups is 1. The first kappa shape index (κ1) is 20.8. The van der Waals surface area contributed by atoms with E-state index >= 15 is 0 Å². The lowest BCUT2D eigenvalue weighted by molar-refractivity contribution is -0.386. The summed E-state index contributed by atoms with van der Waals surface area (Å²) < 4.78 is 18.7. The summed E-state index contributed by atoms with van der Waals surface area (Å²) in [6, 6.07) is 9.89. The van der Waals surface area contributed by atoms with Crippen molar-refractivity contribution < 1.29 is 23.6 Å². The second-order valence-corrected chi connectivity index (χ2v) is 6.24. The first-order valence-electron chi connectivity index (χ1n) is 8.39. The zero-order valence-electron chi connectivity index (χ0n) is 15.6. The Kier molecular flexibility index (Phi) is 6.64. The van der Waals surface area contributed by atoms with Crippen LogP contribution in [0.1, 0.15) is 12.5 Å². The molecule has 8 nitrogen and oxygen atoms in total. The molecule has 1 atom stereocenters. The highest BCUT2D eigenvalue weighted by Crippen LogP contribution is 2.28. The number of carbonyl (C=O) groups excluding carboxylic acids is 2. The van der Waals surface area contributed by atoms with Crippen LogP contribution in [-0.4, -0.2) is 41.3 Å². The smallest absolute Gasteiger partial charge is 0.311 e. The first-order chi connectivity index (χ1) is 13.2. The molecule has 1 N–H and O–H groups in total. The number of likely N-dealkylation sites (N-methyl/N-ethyl adjacent to an activating group) is 1. The van der Waals surface area contributed by atoms with Crippen LogP contribution in [-0.2, 0) is 9.59 Å². The maximum atomic E-state index is 13.4. The van der Waals surface area contributed by atoms with E-state index in [0.717, 1.165) is 28.7 Å². The molecular formula is C19H20FN3O5. The molecule has 2 rings (SSSR count). The van der Waals surface area contributed by atoms with Crippen LogP contribution in [0.5, 0.6) is 5.75 Å². The summed E-state index contributed by atoms with van der Waals surface area (Å²) in [7, 11) is 1.40. The molecule has 0 heterocycles. The Morgan fingerprint density at radius 1 is 1.25 bits per heavy atom. The van der Waals surface area contributed by atoms with Gasteiger partial charge in [-0.1, -0.05) is 17.7 Å². The van der Waals surface area contributed by atoms with Gasteiger partial charge in [0.1, 0.15) is 5.82 Å². The number of nitro benzene ring substituents is 1. The molecule has 148 valence electrons. The normalized spacial score (nSPS) is 11.4. The van der Waals surface area contributed by atoms with Crippen molar-refractivity contribution >= 4 is 23.2 Å². The third-order valence-corrected chi connectivity index (χ3v) is 3.86. The van der Waals surface area contributed by atoms with Crippen LogP contribution < -0.4 is 10.1 Å². The molecule has 0 fully saturated rings. The van der Waals surface area contributed by atoms with Gasteiger partial charge in [0.05, 0.1) is 11.5 Å². The topological polar surface area (TPSA) is 102 Å². The average molecular weight is 389 g/mol. The predicted molar refractivity (Wildman–Crippen MR) is 101 cm³/mol. The van der Waals surface area contributed by atoms with Gasteiger partial charge in [-0.05, 0) is 32.0 Å².